The fraction of sp³-hybridized carbons (Fsp3) is 0.667. The molecule has 100 valence electrons. The van der Waals surface area contributed by atoms with E-state index in [4.69, 9.17) is 0 Å². The number of rotatable bonds is 5. The van der Waals surface area contributed by atoms with E-state index in [1.165, 1.54) is 31.5 Å². The average molecular weight is 247 g/mol. The lowest BCUT2D eigenvalue weighted by molar-refractivity contribution is 0.132. The summed E-state index contributed by atoms with van der Waals surface area (Å²) < 4.78 is 0. The summed E-state index contributed by atoms with van der Waals surface area (Å²) in [6, 6.07) is 4.23. The highest BCUT2D eigenvalue weighted by Crippen LogP contribution is 2.27. The van der Waals surface area contributed by atoms with E-state index in [1.54, 1.807) is 0 Å². The molecule has 1 atom stereocenters. The molecule has 1 unspecified atom stereocenters. The third-order valence-electron chi connectivity index (χ3n) is 3.89. The van der Waals surface area contributed by atoms with Gasteiger partial charge in [0.2, 0.25) is 0 Å². The molecule has 0 radical (unpaired) electrons. The predicted octanol–water partition coefficient (Wildman–Crippen LogP) is 2.29. The summed E-state index contributed by atoms with van der Waals surface area (Å²) >= 11 is 0. The molecule has 18 heavy (non-hydrogen) atoms. The zero-order valence-corrected chi connectivity index (χ0v) is 11.7. The zero-order valence-electron chi connectivity index (χ0n) is 11.7. The van der Waals surface area contributed by atoms with Crippen molar-refractivity contribution in [2.75, 3.05) is 26.2 Å². The van der Waals surface area contributed by atoms with Crippen LogP contribution < -0.4 is 5.32 Å². The molecule has 1 fully saturated rings. The molecule has 1 saturated heterocycles. The Kier molecular flexibility index (Phi) is 4.72. The predicted molar refractivity (Wildman–Crippen MR) is 75.4 cm³/mol. The first-order valence-electron chi connectivity index (χ1n) is 7.04. The van der Waals surface area contributed by atoms with E-state index in [1.807, 2.05) is 12.4 Å². The largest absolute Gasteiger partial charge is 0.316 e. The number of piperidine rings is 1. The average Bonchev–Trinajstić information content (AvgIpc) is 2.40. The van der Waals surface area contributed by atoms with Crippen LogP contribution in [0.25, 0.3) is 0 Å². The number of aromatic nitrogens is 1. The van der Waals surface area contributed by atoms with Gasteiger partial charge in [-0.05, 0) is 49.0 Å². The summed E-state index contributed by atoms with van der Waals surface area (Å²) in [7, 11) is 0. The summed E-state index contributed by atoms with van der Waals surface area (Å²) in [5.41, 5.74) is 1.79. The minimum Gasteiger partial charge on any atom is -0.316 e. The monoisotopic (exact) mass is 247 g/mol. The van der Waals surface area contributed by atoms with Crippen molar-refractivity contribution in [1.82, 2.24) is 15.2 Å². The molecule has 2 heterocycles. The Labute approximate surface area is 111 Å². The molecule has 1 aliphatic rings. The first kappa shape index (κ1) is 13.5. The number of hydrogen-bond acceptors (Lipinski definition) is 3. The van der Waals surface area contributed by atoms with Crippen LogP contribution in [-0.4, -0.2) is 36.1 Å². The third-order valence-corrected chi connectivity index (χ3v) is 3.89. The summed E-state index contributed by atoms with van der Waals surface area (Å²) in [6.45, 7) is 10.3. The second-order valence-electron chi connectivity index (χ2n) is 5.75. The normalized spacial score (nSPS) is 24.4. The lowest BCUT2D eigenvalue weighted by Gasteiger charge is -2.38. The van der Waals surface area contributed by atoms with Crippen molar-refractivity contribution in [1.29, 1.82) is 0 Å². The molecule has 1 aromatic rings. The SMILES string of the molecule is CCN(Cc1ccncc1)CC1(C)CCCNC1. The number of nitrogens with one attached hydrogen (secondary N) is 1. The van der Waals surface area contributed by atoms with Gasteiger partial charge in [0, 0.05) is 32.0 Å². The Hall–Kier alpha value is -0.930. The molecule has 0 spiro atoms. The molecule has 2 rings (SSSR count). The Morgan fingerprint density at radius 2 is 2.17 bits per heavy atom. The molecule has 0 amide bonds. The van der Waals surface area contributed by atoms with Crippen LogP contribution in [0.5, 0.6) is 0 Å². The van der Waals surface area contributed by atoms with E-state index < -0.39 is 0 Å². The van der Waals surface area contributed by atoms with Crippen molar-refractivity contribution in [3.63, 3.8) is 0 Å². The number of pyridine rings is 1. The molecule has 3 nitrogen and oxygen atoms in total. The molecule has 0 aliphatic carbocycles. The van der Waals surface area contributed by atoms with Gasteiger partial charge in [-0.25, -0.2) is 0 Å². The van der Waals surface area contributed by atoms with Crippen LogP contribution in [0.3, 0.4) is 0 Å². The summed E-state index contributed by atoms with van der Waals surface area (Å²) in [6.07, 6.45) is 6.41. The number of nitrogens with zero attached hydrogens (tertiary/aromatic N) is 2. The highest BCUT2D eigenvalue weighted by molar-refractivity contribution is 5.09. The second kappa shape index (κ2) is 6.30. The maximum Gasteiger partial charge on any atom is 0.0271 e. The highest BCUT2D eigenvalue weighted by atomic mass is 15.1. The molecule has 0 saturated carbocycles. The van der Waals surface area contributed by atoms with E-state index in [9.17, 15) is 0 Å². The zero-order chi connectivity index (χ0) is 12.8. The fourth-order valence-corrected chi connectivity index (χ4v) is 2.82. The molecule has 1 N–H and O–H groups in total. The van der Waals surface area contributed by atoms with Crippen LogP contribution in [0.15, 0.2) is 24.5 Å². The van der Waals surface area contributed by atoms with Crippen LogP contribution in [0.2, 0.25) is 0 Å². The van der Waals surface area contributed by atoms with Crippen LogP contribution in [-0.2, 0) is 6.54 Å². The van der Waals surface area contributed by atoms with Crippen molar-refractivity contribution in [3.05, 3.63) is 30.1 Å². The van der Waals surface area contributed by atoms with Crippen LogP contribution in [0, 0.1) is 5.41 Å². The lowest BCUT2D eigenvalue weighted by Crippen LogP contribution is -2.45. The van der Waals surface area contributed by atoms with E-state index in [-0.39, 0.29) is 0 Å². The molecule has 1 aliphatic heterocycles. The van der Waals surface area contributed by atoms with E-state index >= 15 is 0 Å². The Morgan fingerprint density at radius 3 is 2.78 bits per heavy atom. The topological polar surface area (TPSA) is 28.2 Å². The first-order chi connectivity index (χ1) is 8.72. The van der Waals surface area contributed by atoms with E-state index in [0.29, 0.717) is 5.41 Å². The molecular weight excluding hydrogens is 222 g/mol. The van der Waals surface area contributed by atoms with Gasteiger partial charge in [-0.3, -0.25) is 9.88 Å². The minimum atomic E-state index is 0.432. The Bertz CT molecular complexity index is 344. The van der Waals surface area contributed by atoms with Crippen molar-refractivity contribution >= 4 is 0 Å². The third kappa shape index (κ3) is 3.79. The van der Waals surface area contributed by atoms with Crippen molar-refractivity contribution < 1.29 is 0 Å². The smallest absolute Gasteiger partial charge is 0.0271 e. The lowest BCUT2D eigenvalue weighted by atomic mass is 9.82. The van der Waals surface area contributed by atoms with Crippen LogP contribution in [0.4, 0.5) is 0 Å². The fourth-order valence-electron chi connectivity index (χ4n) is 2.82. The maximum atomic E-state index is 4.08. The van der Waals surface area contributed by atoms with E-state index in [2.05, 4.69) is 41.2 Å². The summed E-state index contributed by atoms with van der Waals surface area (Å²) in [5.74, 6) is 0. The molecule has 3 heteroatoms. The summed E-state index contributed by atoms with van der Waals surface area (Å²) in [4.78, 5) is 6.62. The van der Waals surface area contributed by atoms with Crippen molar-refractivity contribution in [2.24, 2.45) is 5.41 Å². The van der Waals surface area contributed by atoms with Gasteiger partial charge in [-0.1, -0.05) is 13.8 Å². The minimum absolute atomic E-state index is 0.432. The van der Waals surface area contributed by atoms with E-state index in [0.717, 1.165) is 19.6 Å². The van der Waals surface area contributed by atoms with Gasteiger partial charge in [0.1, 0.15) is 0 Å². The molecule has 0 bridgehead atoms. The van der Waals surface area contributed by atoms with Gasteiger partial charge in [-0.15, -0.1) is 0 Å². The summed E-state index contributed by atoms with van der Waals surface area (Å²) in [5, 5.41) is 3.53. The molecular formula is C15H25N3. The molecule has 1 aromatic heterocycles. The van der Waals surface area contributed by atoms with Gasteiger partial charge >= 0.3 is 0 Å². The Morgan fingerprint density at radius 1 is 1.39 bits per heavy atom. The number of hydrogen-bond donors (Lipinski definition) is 1. The molecule has 0 aromatic carbocycles. The van der Waals surface area contributed by atoms with Crippen molar-refractivity contribution in [2.45, 2.75) is 33.2 Å². The van der Waals surface area contributed by atoms with Gasteiger partial charge in [0.15, 0.2) is 0 Å². The standard InChI is InChI=1S/C15H25N3/c1-3-18(11-14-5-9-16-10-6-14)13-15(2)7-4-8-17-12-15/h5-6,9-10,17H,3-4,7-8,11-13H2,1-2H3. The highest BCUT2D eigenvalue weighted by Gasteiger charge is 2.28. The quantitative estimate of drug-likeness (QED) is 0.865. The Balaban J connectivity index is 1.92. The maximum absolute atomic E-state index is 4.08. The van der Waals surface area contributed by atoms with Crippen LogP contribution >= 0.6 is 0 Å². The second-order valence-corrected chi connectivity index (χ2v) is 5.75. The van der Waals surface area contributed by atoms with Gasteiger partial charge in [0.05, 0.1) is 0 Å². The van der Waals surface area contributed by atoms with Gasteiger partial charge < -0.3 is 5.32 Å². The van der Waals surface area contributed by atoms with Gasteiger partial charge in [0.25, 0.3) is 0 Å². The van der Waals surface area contributed by atoms with Gasteiger partial charge in [-0.2, -0.15) is 0 Å². The first-order valence-corrected chi connectivity index (χ1v) is 7.04. The van der Waals surface area contributed by atoms with Crippen LogP contribution in [0.1, 0.15) is 32.3 Å². The van der Waals surface area contributed by atoms with Crippen molar-refractivity contribution in [3.8, 4) is 0 Å².